The van der Waals surface area contributed by atoms with Gasteiger partial charge in [-0.25, -0.2) is 4.79 Å². The van der Waals surface area contributed by atoms with Crippen molar-refractivity contribution in [1.29, 1.82) is 0 Å². The molecule has 0 aromatic heterocycles. The van der Waals surface area contributed by atoms with Crippen molar-refractivity contribution < 1.29 is 24.1 Å². The molecule has 3 fully saturated rings. The number of hydrogen-bond donors (Lipinski definition) is 3. The minimum absolute atomic E-state index is 0.173. The standard InChI is InChI=1S/C24H42N2O5/c1-16(2)13-17-14-18(17)23(3,28)21-20(29-4)19(9-10-24(21)15-30-24)31-22(27)26-12-8-6-5-7-11-25/h13,17-21,28H,5-12,14-15,25H2,1-4H3,(H,26,27)/t17?,18-,19?,20?,21?,23?,24+/m1/s1. The minimum atomic E-state index is -0.949. The quantitative estimate of drug-likeness (QED) is 0.260. The number of ether oxygens (including phenoxy) is 3. The van der Waals surface area contributed by atoms with Gasteiger partial charge in [0.2, 0.25) is 0 Å². The molecule has 178 valence electrons. The third-order valence-corrected chi connectivity index (χ3v) is 7.33. The Labute approximate surface area is 187 Å². The van der Waals surface area contributed by atoms with Crippen LogP contribution < -0.4 is 11.1 Å². The summed E-state index contributed by atoms with van der Waals surface area (Å²) in [5.41, 5.74) is 5.47. The summed E-state index contributed by atoms with van der Waals surface area (Å²) in [5, 5.41) is 14.5. The molecule has 7 atom stereocenters. The highest BCUT2D eigenvalue weighted by Crippen LogP contribution is 2.59. The van der Waals surface area contributed by atoms with Gasteiger partial charge in [0.25, 0.3) is 0 Å². The lowest BCUT2D eigenvalue weighted by atomic mass is 9.65. The number of nitrogens with one attached hydrogen (secondary N) is 1. The minimum Gasteiger partial charge on any atom is -0.443 e. The molecule has 4 N–H and O–H groups in total. The number of nitrogens with two attached hydrogens (primary N) is 1. The van der Waals surface area contributed by atoms with E-state index < -0.39 is 23.9 Å². The number of alkyl carbamates (subject to hydrolysis) is 1. The predicted molar refractivity (Wildman–Crippen MR) is 120 cm³/mol. The fraction of sp³-hybridized carbons (Fsp3) is 0.875. The molecular formula is C24H42N2O5. The van der Waals surface area contributed by atoms with Crippen LogP contribution in [-0.2, 0) is 14.2 Å². The number of methoxy groups -OCH3 is 1. The van der Waals surface area contributed by atoms with Crippen LogP contribution in [0.1, 0.15) is 65.7 Å². The summed E-state index contributed by atoms with van der Waals surface area (Å²) in [5.74, 6) is 0.331. The van der Waals surface area contributed by atoms with E-state index in [1.165, 1.54) is 5.57 Å². The number of rotatable bonds is 11. The number of unbranched alkanes of at least 4 members (excludes halogenated alkanes) is 3. The lowest BCUT2D eigenvalue weighted by Crippen LogP contribution is -2.60. The average Bonchev–Trinajstić information content (AvgIpc) is 3.63. The van der Waals surface area contributed by atoms with Crippen LogP contribution in [0, 0.1) is 17.8 Å². The number of allylic oxidation sites excluding steroid dienone is 2. The van der Waals surface area contributed by atoms with Crippen LogP contribution in [0.5, 0.6) is 0 Å². The second-order valence-corrected chi connectivity index (χ2v) is 10.1. The van der Waals surface area contributed by atoms with Gasteiger partial charge in [-0.3, -0.25) is 0 Å². The molecule has 1 amide bonds. The third kappa shape index (κ3) is 5.81. The van der Waals surface area contributed by atoms with E-state index in [-0.39, 0.29) is 17.4 Å². The summed E-state index contributed by atoms with van der Waals surface area (Å²) in [6, 6.07) is 0. The molecule has 1 heterocycles. The van der Waals surface area contributed by atoms with Gasteiger partial charge in [0.15, 0.2) is 0 Å². The molecule has 2 aliphatic carbocycles. The Morgan fingerprint density at radius 1 is 1.32 bits per heavy atom. The summed E-state index contributed by atoms with van der Waals surface area (Å²) in [4.78, 5) is 12.4. The Balaban J connectivity index is 1.60. The topological polar surface area (TPSA) is 106 Å². The van der Waals surface area contributed by atoms with Gasteiger partial charge in [0, 0.05) is 19.6 Å². The summed E-state index contributed by atoms with van der Waals surface area (Å²) >= 11 is 0. The Hall–Kier alpha value is -1.15. The largest absolute Gasteiger partial charge is 0.443 e. The third-order valence-electron chi connectivity index (χ3n) is 7.33. The maximum Gasteiger partial charge on any atom is 0.407 e. The molecule has 0 aromatic rings. The molecule has 5 unspecified atom stereocenters. The summed E-state index contributed by atoms with van der Waals surface area (Å²) in [6.45, 7) is 8.04. The molecule has 7 nitrogen and oxygen atoms in total. The zero-order valence-corrected chi connectivity index (χ0v) is 19.7. The zero-order valence-electron chi connectivity index (χ0n) is 19.7. The van der Waals surface area contributed by atoms with Crippen molar-refractivity contribution in [3.8, 4) is 0 Å². The monoisotopic (exact) mass is 438 g/mol. The molecule has 0 radical (unpaired) electrons. The maximum atomic E-state index is 12.4. The van der Waals surface area contributed by atoms with Crippen LogP contribution in [-0.4, -0.2) is 61.4 Å². The number of aliphatic hydroxyl groups is 1. The van der Waals surface area contributed by atoms with Crippen molar-refractivity contribution in [2.75, 3.05) is 26.8 Å². The van der Waals surface area contributed by atoms with Gasteiger partial charge in [-0.2, -0.15) is 0 Å². The van der Waals surface area contributed by atoms with Crippen LogP contribution in [0.25, 0.3) is 0 Å². The lowest BCUT2D eigenvalue weighted by molar-refractivity contribution is -0.170. The summed E-state index contributed by atoms with van der Waals surface area (Å²) in [7, 11) is 1.64. The molecular weight excluding hydrogens is 396 g/mol. The van der Waals surface area contributed by atoms with E-state index in [1.807, 2.05) is 6.92 Å². The van der Waals surface area contributed by atoms with Gasteiger partial charge in [-0.1, -0.05) is 24.5 Å². The first kappa shape index (κ1) is 24.5. The smallest absolute Gasteiger partial charge is 0.407 e. The van der Waals surface area contributed by atoms with Gasteiger partial charge < -0.3 is 30.4 Å². The van der Waals surface area contributed by atoms with Crippen LogP contribution in [0.3, 0.4) is 0 Å². The van der Waals surface area contributed by atoms with Crippen LogP contribution in [0.4, 0.5) is 4.79 Å². The van der Waals surface area contributed by atoms with Gasteiger partial charge in [0.05, 0.1) is 17.8 Å². The summed E-state index contributed by atoms with van der Waals surface area (Å²) in [6.07, 6.45) is 7.51. The number of carbonyl (C=O) groups excluding carboxylic acids is 1. The molecule has 0 bridgehead atoms. The molecule has 1 saturated heterocycles. The highest BCUT2D eigenvalue weighted by Gasteiger charge is 2.68. The second-order valence-electron chi connectivity index (χ2n) is 10.1. The zero-order chi connectivity index (χ0) is 22.6. The molecule has 3 rings (SSSR count). The van der Waals surface area contributed by atoms with E-state index in [9.17, 15) is 9.90 Å². The van der Waals surface area contributed by atoms with E-state index in [0.29, 0.717) is 32.0 Å². The van der Waals surface area contributed by atoms with Gasteiger partial charge >= 0.3 is 6.09 Å². The second kappa shape index (κ2) is 10.2. The molecule has 31 heavy (non-hydrogen) atoms. The van der Waals surface area contributed by atoms with Crippen molar-refractivity contribution in [1.82, 2.24) is 5.32 Å². The molecule has 2 saturated carbocycles. The van der Waals surface area contributed by atoms with Gasteiger partial charge in [0.1, 0.15) is 12.2 Å². The van der Waals surface area contributed by atoms with Crippen molar-refractivity contribution >= 4 is 6.09 Å². The Bertz CT molecular complexity index is 642. The van der Waals surface area contributed by atoms with E-state index in [4.69, 9.17) is 19.9 Å². The van der Waals surface area contributed by atoms with E-state index >= 15 is 0 Å². The van der Waals surface area contributed by atoms with Crippen LogP contribution in [0.2, 0.25) is 0 Å². The molecule has 1 aliphatic heterocycles. The first-order chi connectivity index (χ1) is 14.7. The van der Waals surface area contributed by atoms with Crippen molar-refractivity contribution in [2.24, 2.45) is 23.5 Å². The number of epoxide rings is 1. The molecule has 3 aliphatic rings. The number of amides is 1. The first-order valence-electron chi connectivity index (χ1n) is 11.9. The van der Waals surface area contributed by atoms with E-state index in [1.54, 1.807) is 7.11 Å². The van der Waals surface area contributed by atoms with E-state index in [0.717, 1.165) is 38.5 Å². The Morgan fingerprint density at radius 3 is 2.65 bits per heavy atom. The predicted octanol–water partition coefficient (Wildman–Crippen LogP) is 3.15. The summed E-state index contributed by atoms with van der Waals surface area (Å²) < 4.78 is 17.6. The molecule has 7 heteroatoms. The van der Waals surface area contributed by atoms with Crippen LogP contribution in [0.15, 0.2) is 11.6 Å². The van der Waals surface area contributed by atoms with Gasteiger partial charge in [-0.15, -0.1) is 0 Å². The lowest BCUT2D eigenvalue weighted by Gasteiger charge is -2.47. The SMILES string of the molecule is COC1C(OC(=O)NCCCCCCN)CC[C@]2(CO2)C1C(C)(O)[C@@H]1CC1C=C(C)C. The van der Waals surface area contributed by atoms with Crippen molar-refractivity contribution in [3.05, 3.63) is 11.6 Å². The highest BCUT2D eigenvalue weighted by atomic mass is 16.6. The Morgan fingerprint density at radius 2 is 2.03 bits per heavy atom. The number of carbonyl (C=O) groups is 1. The van der Waals surface area contributed by atoms with E-state index in [2.05, 4.69) is 25.2 Å². The normalized spacial score (nSPS) is 35.9. The molecule has 1 spiro atoms. The first-order valence-corrected chi connectivity index (χ1v) is 11.9. The van der Waals surface area contributed by atoms with Crippen molar-refractivity contribution in [2.45, 2.75) is 89.1 Å². The fourth-order valence-corrected chi connectivity index (χ4v) is 5.64. The fourth-order valence-electron chi connectivity index (χ4n) is 5.64. The average molecular weight is 439 g/mol. The van der Waals surface area contributed by atoms with Crippen molar-refractivity contribution in [3.63, 3.8) is 0 Å². The Kier molecular flexibility index (Phi) is 8.05. The van der Waals surface area contributed by atoms with Crippen LogP contribution >= 0.6 is 0 Å². The highest BCUT2D eigenvalue weighted by molar-refractivity contribution is 5.67. The number of hydrogen-bond acceptors (Lipinski definition) is 6. The maximum absolute atomic E-state index is 12.4. The molecule has 0 aromatic carbocycles. The van der Waals surface area contributed by atoms with Gasteiger partial charge in [-0.05, 0) is 71.3 Å².